The maximum atomic E-state index is 13.4. The second-order valence-corrected chi connectivity index (χ2v) is 9.00. The summed E-state index contributed by atoms with van der Waals surface area (Å²) in [4.78, 5) is 30.0. The van der Waals surface area contributed by atoms with E-state index in [1.165, 1.54) is 23.2 Å². The zero-order chi connectivity index (χ0) is 25.7. The van der Waals surface area contributed by atoms with E-state index in [9.17, 15) is 14.0 Å². The number of anilines is 2. The van der Waals surface area contributed by atoms with E-state index in [0.717, 1.165) is 18.8 Å². The number of benzene rings is 2. The van der Waals surface area contributed by atoms with E-state index in [2.05, 4.69) is 15.3 Å². The molecule has 190 valence electrons. The SMILES string of the molecule is CCN(CC(=O)Nc1ccc(N2CCOCC2)cc1)C(=O)c1cnn(-c2ccc(F)cc2)c1C(C)C. The smallest absolute Gasteiger partial charge is 0.257 e. The highest BCUT2D eigenvalue weighted by atomic mass is 19.1. The van der Waals surface area contributed by atoms with Crippen LogP contribution in [0.25, 0.3) is 5.69 Å². The first-order chi connectivity index (χ1) is 17.4. The van der Waals surface area contributed by atoms with Crippen molar-refractivity contribution in [2.45, 2.75) is 26.7 Å². The molecule has 0 saturated carbocycles. The molecule has 8 nitrogen and oxygen atoms in total. The van der Waals surface area contributed by atoms with Gasteiger partial charge in [0.2, 0.25) is 5.91 Å². The van der Waals surface area contributed by atoms with Gasteiger partial charge in [-0.2, -0.15) is 5.10 Å². The number of rotatable bonds is 8. The van der Waals surface area contributed by atoms with E-state index < -0.39 is 0 Å². The molecule has 0 unspecified atom stereocenters. The lowest BCUT2D eigenvalue weighted by atomic mass is 10.0. The number of likely N-dealkylation sites (N-methyl/N-ethyl adjacent to an activating group) is 1. The van der Waals surface area contributed by atoms with Crippen molar-refractivity contribution in [2.24, 2.45) is 0 Å². The van der Waals surface area contributed by atoms with Gasteiger partial charge in [0.25, 0.3) is 5.91 Å². The minimum absolute atomic E-state index is 0.0194. The number of ether oxygens (including phenoxy) is 1. The number of amides is 2. The predicted octanol–water partition coefficient (Wildman–Crippen LogP) is 4.07. The largest absolute Gasteiger partial charge is 0.378 e. The minimum Gasteiger partial charge on any atom is -0.378 e. The molecular formula is C27H32FN5O3. The van der Waals surface area contributed by atoms with Crippen molar-refractivity contribution < 1.29 is 18.7 Å². The predicted molar refractivity (Wildman–Crippen MR) is 137 cm³/mol. The summed E-state index contributed by atoms with van der Waals surface area (Å²) >= 11 is 0. The fraction of sp³-hybridized carbons (Fsp3) is 0.370. The highest BCUT2D eigenvalue weighted by Gasteiger charge is 2.25. The molecule has 9 heteroatoms. The second-order valence-electron chi connectivity index (χ2n) is 9.00. The number of hydrogen-bond acceptors (Lipinski definition) is 5. The van der Waals surface area contributed by atoms with E-state index in [0.29, 0.717) is 42.4 Å². The van der Waals surface area contributed by atoms with Gasteiger partial charge in [-0.1, -0.05) is 13.8 Å². The van der Waals surface area contributed by atoms with Crippen LogP contribution >= 0.6 is 0 Å². The average Bonchev–Trinajstić information content (AvgIpc) is 3.34. The molecule has 0 spiro atoms. The van der Waals surface area contributed by atoms with Crippen molar-refractivity contribution in [1.29, 1.82) is 0 Å². The molecular weight excluding hydrogens is 461 g/mol. The summed E-state index contributed by atoms with van der Waals surface area (Å²) in [6, 6.07) is 13.6. The molecule has 1 aromatic heterocycles. The Bertz CT molecular complexity index is 1190. The third-order valence-electron chi connectivity index (χ3n) is 6.19. The van der Waals surface area contributed by atoms with E-state index in [1.807, 2.05) is 45.0 Å². The van der Waals surface area contributed by atoms with Crippen LogP contribution in [0.5, 0.6) is 0 Å². The Kier molecular flexibility index (Phi) is 8.00. The van der Waals surface area contributed by atoms with Gasteiger partial charge in [0, 0.05) is 31.0 Å². The summed E-state index contributed by atoms with van der Waals surface area (Å²) in [5.41, 5.74) is 3.57. The first-order valence-electron chi connectivity index (χ1n) is 12.2. The fourth-order valence-electron chi connectivity index (χ4n) is 4.31. The molecule has 1 N–H and O–H groups in total. The lowest BCUT2D eigenvalue weighted by molar-refractivity contribution is -0.116. The Balaban J connectivity index is 1.45. The average molecular weight is 494 g/mol. The molecule has 1 aliphatic rings. The van der Waals surface area contributed by atoms with E-state index in [1.54, 1.807) is 16.8 Å². The van der Waals surface area contributed by atoms with Crippen LogP contribution in [-0.4, -0.2) is 65.9 Å². The van der Waals surface area contributed by atoms with Crippen molar-refractivity contribution in [1.82, 2.24) is 14.7 Å². The topological polar surface area (TPSA) is 79.7 Å². The second kappa shape index (κ2) is 11.3. The number of hydrogen-bond donors (Lipinski definition) is 1. The molecule has 2 aromatic carbocycles. The summed E-state index contributed by atoms with van der Waals surface area (Å²) in [5, 5.41) is 7.29. The highest BCUT2D eigenvalue weighted by molar-refractivity contribution is 6.00. The van der Waals surface area contributed by atoms with Crippen LogP contribution in [0.2, 0.25) is 0 Å². The molecule has 1 aliphatic heterocycles. The van der Waals surface area contributed by atoms with Gasteiger partial charge >= 0.3 is 0 Å². The summed E-state index contributed by atoms with van der Waals surface area (Å²) in [7, 11) is 0. The lowest BCUT2D eigenvalue weighted by Gasteiger charge is -2.29. The lowest BCUT2D eigenvalue weighted by Crippen LogP contribution is -2.38. The van der Waals surface area contributed by atoms with E-state index in [4.69, 9.17) is 4.74 Å². The molecule has 3 aromatic rings. The van der Waals surface area contributed by atoms with Crippen LogP contribution in [0.3, 0.4) is 0 Å². The Morgan fingerprint density at radius 3 is 2.31 bits per heavy atom. The molecule has 0 radical (unpaired) electrons. The van der Waals surface area contributed by atoms with Gasteiger partial charge < -0.3 is 19.9 Å². The van der Waals surface area contributed by atoms with E-state index >= 15 is 0 Å². The van der Waals surface area contributed by atoms with Gasteiger partial charge in [-0.25, -0.2) is 9.07 Å². The van der Waals surface area contributed by atoms with Gasteiger partial charge in [0.1, 0.15) is 12.4 Å². The minimum atomic E-state index is -0.341. The molecule has 1 fully saturated rings. The zero-order valence-corrected chi connectivity index (χ0v) is 20.9. The summed E-state index contributed by atoms with van der Waals surface area (Å²) in [6.45, 7) is 9.16. The van der Waals surface area contributed by atoms with Crippen LogP contribution < -0.4 is 10.2 Å². The molecule has 0 bridgehead atoms. The van der Waals surface area contributed by atoms with Gasteiger partial charge in [-0.3, -0.25) is 9.59 Å². The van der Waals surface area contributed by atoms with Gasteiger partial charge in [0.15, 0.2) is 0 Å². The maximum Gasteiger partial charge on any atom is 0.257 e. The normalized spacial score (nSPS) is 13.6. The van der Waals surface area contributed by atoms with Crippen LogP contribution in [0.1, 0.15) is 42.7 Å². The third kappa shape index (κ3) is 5.73. The molecule has 36 heavy (non-hydrogen) atoms. The number of carbonyl (C=O) groups is 2. The molecule has 2 amide bonds. The fourth-order valence-corrected chi connectivity index (χ4v) is 4.31. The van der Waals surface area contributed by atoms with Crippen molar-refractivity contribution >= 4 is 23.2 Å². The molecule has 2 heterocycles. The van der Waals surface area contributed by atoms with Gasteiger partial charge in [-0.05, 0) is 61.4 Å². The Hall–Kier alpha value is -3.72. The monoisotopic (exact) mass is 493 g/mol. The highest BCUT2D eigenvalue weighted by Crippen LogP contribution is 2.25. The quantitative estimate of drug-likeness (QED) is 0.512. The number of aromatic nitrogens is 2. The molecule has 0 atom stereocenters. The number of nitrogens with zero attached hydrogens (tertiary/aromatic N) is 4. The molecule has 1 saturated heterocycles. The van der Waals surface area contributed by atoms with Crippen molar-refractivity contribution in [3.05, 3.63) is 71.8 Å². The van der Waals surface area contributed by atoms with E-state index in [-0.39, 0.29) is 30.1 Å². The molecule has 0 aliphatic carbocycles. The van der Waals surface area contributed by atoms with Crippen LogP contribution in [0.15, 0.2) is 54.7 Å². The number of nitrogens with one attached hydrogen (secondary N) is 1. The third-order valence-corrected chi connectivity index (χ3v) is 6.19. The number of halogens is 1. The first-order valence-corrected chi connectivity index (χ1v) is 12.2. The summed E-state index contributed by atoms with van der Waals surface area (Å²) in [6.07, 6.45) is 1.52. The van der Waals surface area contributed by atoms with Crippen molar-refractivity contribution in [3.8, 4) is 5.69 Å². The zero-order valence-electron chi connectivity index (χ0n) is 20.9. The van der Waals surface area contributed by atoms with Crippen LogP contribution in [-0.2, 0) is 9.53 Å². The maximum absolute atomic E-state index is 13.4. The van der Waals surface area contributed by atoms with Crippen LogP contribution in [0, 0.1) is 5.82 Å². The van der Waals surface area contributed by atoms with Crippen LogP contribution in [0.4, 0.5) is 15.8 Å². The number of carbonyl (C=O) groups excluding carboxylic acids is 2. The number of morpholine rings is 1. The Morgan fingerprint density at radius 1 is 1.06 bits per heavy atom. The summed E-state index contributed by atoms with van der Waals surface area (Å²) in [5.74, 6) is -0.907. The first kappa shape index (κ1) is 25.4. The standard InChI is InChI=1S/C27H32FN5O3/c1-4-31(18-25(34)30-21-7-11-22(12-8-21)32-13-15-36-16-14-32)27(35)24-17-29-33(26(24)19(2)3)23-9-5-20(28)6-10-23/h5-12,17,19H,4,13-16,18H2,1-3H3,(H,30,34). The van der Waals surface area contributed by atoms with Crippen molar-refractivity contribution in [2.75, 3.05) is 49.6 Å². The van der Waals surface area contributed by atoms with Crippen molar-refractivity contribution in [3.63, 3.8) is 0 Å². The Labute approximate surface area is 210 Å². The van der Waals surface area contributed by atoms with Gasteiger partial charge in [0.05, 0.1) is 36.4 Å². The summed E-state index contributed by atoms with van der Waals surface area (Å²) < 4.78 is 20.4. The van der Waals surface area contributed by atoms with Gasteiger partial charge in [-0.15, -0.1) is 0 Å². The molecule has 4 rings (SSSR count). The Morgan fingerprint density at radius 2 is 1.69 bits per heavy atom.